The number of carbonyl (C=O) groups excluding carboxylic acids is 2. The van der Waals surface area contributed by atoms with Gasteiger partial charge >= 0.3 is 5.97 Å². The first-order chi connectivity index (χ1) is 11.1. The van der Waals surface area contributed by atoms with Crippen molar-refractivity contribution in [3.8, 4) is 0 Å². The zero-order chi connectivity index (χ0) is 16.7. The molecule has 1 aliphatic heterocycles. The second kappa shape index (κ2) is 8.40. The number of thiocarbonyl (C=S) groups is 1. The highest BCUT2D eigenvalue weighted by atomic mass is 32.1. The van der Waals surface area contributed by atoms with Crippen molar-refractivity contribution in [1.29, 1.82) is 0 Å². The number of benzene rings is 1. The molecule has 1 heterocycles. The van der Waals surface area contributed by atoms with Crippen LogP contribution in [0.1, 0.15) is 10.4 Å². The number of methoxy groups -OCH3 is 1. The topological polar surface area (TPSA) is 59.1 Å². The van der Waals surface area contributed by atoms with Crippen LogP contribution in [0.3, 0.4) is 0 Å². The lowest BCUT2D eigenvalue weighted by atomic mass is 10.2. The third kappa shape index (κ3) is 4.61. The van der Waals surface area contributed by atoms with Gasteiger partial charge in [0.25, 0.3) is 5.91 Å². The van der Waals surface area contributed by atoms with Gasteiger partial charge in [0, 0.05) is 30.9 Å². The van der Waals surface area contributed by atoms with E-state index in [1.165, 1.54) is 24.3 Å². The Morgan fingerprint density at radius 2 is 1.91 bits per heavy atom. The van der Waals surface area contributed by atoms with Crippen molar-refractivity contribution in [1.82, 2.24) is 9.80 Å². The van der Waals surface area contributed by atoms with Crippen molar-refractivity contribution in [3.63, 3.8) is 0 Å². The maximum atomic E-state index is 12.7. The fourth-order valence-electron chi connectivity index (χ4n) is 2.05. The van der Waals surface area contributed by atoms with E-state index in [2.05, 4.69) is 4.74 Å². The van der Waals surface area contributed by atoms with Crippen molar-refractivity contribution in [2.75, 3.05) is 33.4 Å². The Labute approximate surface area is 140 Å². The first kappa shape index (κ1) is 17.1. The fourth-order valence-corrected chi connectivity index (χ4v) is 2.37. The van der Waals surface area contributed by atoms with Crippen molar-refractivity contribution < 1.29 is 19.1 Å². The zero-order valence-electron chi connectivity index (χ0n) is 12.8. The van der Waals surface area contributed by atoms with Crippen LogP contribution in [0.2, 0.25) is 0 Å². The van der Waals surface area contributed by atoms with Crippen LogP contribution in [0.25, 0.3) is 0 Å². The van der Waals surface area contributed by atoms with Crippen molar-refractivity contribution in [2.45, 2.75) is 0 Å². The molecule has 1 saturated heterocycles. The molecule has 2 rings (SSSR count). The van der Waals surface area contributed by atoms with E-state index in [1.54, 1.807) is 24.3 Å². The monoisotopic (exact) mass is 334 g/mol. The largest absolute Gasteiger partial charge is 0.466 e. The lowest BCUT2D eigenvalue weighted by Crippen LogP contribution is -2.48. The van der Waals surface area contributed by atoms with Gasteiger partial charge in [-0.1, -0.05) is 18.2 Å². The second-order valence-electron chi connectivity index (χ2n) is 4.76. The smallest absolute Gasteiger partial charge is 0.331 e. The van der Waals surface area contributed by atoms with Crippen LogP contribution >= 0.6 is 12.2 Å². The van der Waals surface area contributed by atoms with E-state index in [-0.39, 0.29) is 5.91 Å². The van der Waals surface area contributed by atoms with E-state index >= 15 is 0 Å². The summed E-state index contributed by atoms with van der Waals surface area (Å²) in [7, 11) is 1.27. The molecule has 1 amide bonds. The van der Waals surface area contributed by atoms with Crippen LogP contribution in [0.15, 0.2) is 42.6 Å². The van der Waals surface area contributed by atoms with Gasteiger partial charge in [-0.05, 0) is 24.4 Å². The fraction of sp³-hybridized carbons (Fsp3) is 0.312. The minimum Gasteiger partial charge on any atom is -0.466 e. The molecule has 7 heteroatoms. The summed E-state index contributed by atoms with van der Waals surface area (Å²) in [5.74, 6) is -0.858. The lowest BCUT2D eigenvalue weighted by Gasteiger charge is -2.33. The Kier molecular flexibility index (Phi) is 6.25. The van der Waals surface area contributed by atoms with E-state index in [1.807, 2.05) is 11.0 Å². The zero-order valence-corrected chi connectivity index (χ0v) is 13.6. The summed E-state index contributed by atoms with van der Waals surface area (Å²) in [5, 5.41) is 0.335. The van der Waals surface area contributed by atoms with Crippen molar-refractivity contribution >= 4 is 29.2 Å². The Morgan fingerprint density at radius 3 is 2.52 bits per heavy atom. The standard InChI is InChI=1S/C16H18N2O4S/c1-21-14(19)7-8-18(15(20)13-5-3-2-4-6-13)16(23)17-9-11-22-12-10-17/h2-8H,9-12H2,1H3/b8-7+. The number of nitrogens with zero attached hydrogens (tertiary/aromatic N) is 2. The number of esters is 1. The molecule has 0 N–H and O–H groups in total. The van der Waals surface area contributed by atoms with Crippen LogP contribution in [-0.2, 0) is 14.3 Å². The number of rotatable bonds is 3. The van der Waals surface area contributed by atoms with Crippen molar-refractivity contribution in [3.05, 3.63) is 48.2 Å². The van der Waals surface area contributed by atoms with Crippen LogP contribution < -0.4 is 0 Å². The molecule has 0 unspecified atom stereocenters. The number of hydrogen-bond acceptors (Lipinski definition) is 5. The molecule has 0 spiro atoms. The van der Waals surface area contributed by atoms with E-state index in [9.17, 15) is 9.59 Å². The van der Waals surface area contributed by atoms with Gasteiger partial charge in [0.2, 0.25) is 0 Å². The first-order valence-corrected chi connectivity index (χ1v) is 7.55. The predicted octanol–water partition coefficient (Wildman–Crippen LogP) is 1.43. The molecule has 6 nitrogen and oxygen atoms in total. The lowest BCUT2D eigenvalue weighted by molar-refractivity contribution is -0.134. The SMILES string of the molecule is COC(=O)/C=C/N(C(=O)c1ccccc1)C(=S)N1CCOCC1. The Balaban J connectivity index is 2.23. The summed E-state index contributed by atoms with van der Waals surface area (Å²) >= 11 is 5.43. The van der Waals surface area contributed by atoms with E-state index in [4.69, 9.17) is 17.0 Å². The summed E-state index contributed by atoms with van der Waals surface area (Å²) in [6, 6.07) is 8.76. The third-order valence-electron chi connectivity index (χ3n) is 3.29. The van der Waals surface area contributed by atoms with Gasteiger partial charge in [0.15, 0.2) is 5.11 Å². The highest BCUT2D eigenvalue weighted by Gasteiger charge is 2.24. The van der Waals surface area contributed by atoms with Gasteiger partial charge < -0.3 is 14.4 Å². The van der Waals surface area contributed by atoms with E-state index < -0.39 is 5.97 Å². The molecule has 0 aliphatic carbocycles. The van der Waals surface area contributed by atoms with Gasteiger partial charge in [-0.3, -0.25) is 9.69 Å². The highest BCUT2D eigenvalue weighted by Crippen LogP contribution is 2.11. The summed E-state index contributed by atoms with van der Waals surface area (Å²) < 4.78 is 9.86. The van der Waals surface area contributed by atoms with Crippen LogP contribution in [-0.4, -0.2) is 60.2 Å². The Hall–Kier alpha value is -2.25. The first-order valence-electron chi connectivity index (χ1n) is 7.15. The average molecular weight is 334 g/mol. The normalized spacial score (nSPS) is 14.6. The van der Waals surface area contributed by atoms with Crippen LogP contribution in [0, 0.1) is 0 Å². The molecule has 122 valence electrons. The van der Waals surface area contributed by atoms with Crippen LogP contribution in [0.5, 0.6) is 0 Å². The molecule has 1 aromatic carbocycles. The molecule has 0 atom stereocenters. The summed E-state index contributed by atoms with van der Waals surface area (Å²) in [4.78, 5) is 27.2. The van der Waals surface area contributed by atoms with E-state index in [0.29, 0.717) is 37.0 Å². The number of hydrogen-bond donors (Lipinski definition) is 0. The molecule has 0 aromatic heterocycles. The van der Waals surface area contributed by atoms with Gasteiger partial charge in [-0.2, -0.15) is 0 Å². The molecular formula is C16H18N2O4S. The van der Waals surface area contributed by atoms with Gasteiger partial charge in [-0.15, -0.1) is 0 Å². The summed E-state index contributed by atoms with van der Waals surface area (Å²) in [6.07, 6.45) is 2.52. The van der Waals surface area contributed by atoms with Gasteiger partial charge in [0.05, 0.1) is 20.3 Å². The average Bonchev–Trinajstić information content (AvgIpc) is 2.62. The number of ether oxygens (including phenoxy) is 2. The molecule has 23 heavy (non-hydrogen) atoms. The molecule has 0 bridgehead atoms. The third-order valence-corrected chi connectivity index (χ3v) is 3.74. The summed E-state index contributed by atoms with van der Waals surface area (Å²) in [5.41, 5.74) is 0.484. The maximum absolute atomic E-state index is 12.7. The highest BCUT2D eigenvalue weighted by molar-refractivity contribution is 7.80. The molecule has 0 saturated carbocycles. The number of amides is 1. The van der Waals surface area contributed by atoms with E-state index in [0.717, 1.165) is 0 Å². The minimum absolute atomic E-state index is 0.303. The number of morpholine rings is 1. The predicted molar refractivity (Wildman–Crippen MR) is 88.8 cm³/mol. The minimum atomic E-state index is -0.555. The second-order valence-corrected chi connectivity index (χ2v) is 5.13. The maximum Gasteiger partial charge on any atom is 0.331 e. The molecule has 1 aromatic rings. The van der Waals surface area contributed by atoms with Crippen molar-refractivity contribution in [2.24, 2.45) is 0 Å². The van der Waals surface area contributed by atoms with Crippen LogP contribution in [0.4, 0.5) is 0 Å². The summed E-state index contributed by atoms with van der Waals surface area (Å²) in [6.45, 7) is 2.30. The number of carbonyl (C=O) groups is 2. The molecule has 1 aliphatic rings. The molecule has 1 fully saturated rings. The van der Waals surface area contributed by atoms with Gasteiger partial charge in [-0.25, -0.2) is 4.79 Å². The molecular weight excluding hydrogens is 316 g/mol. The Bertz CT molecular complexity index is 597. The molecule has 0 radical (unpaired) electrons. The quantitative estimate of drug-likeness (QED) is 0.473. The Morgan fingerprint density at radius 1 is 1.26 bits per heavy atom. The van der Waals surface area contributed by atoms with Gasteiger partial charge in [0.1, 0.15) is 0 Å².